The van der Waals surface area contributed by atoms with Gasteiger partial charge in [-0.25, -0.2) is 4.99 Å². The van der Waals surface area contributed by atoms with Crippen molar-refractivity contribution in [1.29, 1.82) is 0 Å². The van der Waals surface area contributed by atoms with Crippen molar-refractivity contribution in [3.8, 4) is 11.5 Å². The third kappa shape index (κ3) is 5.74. The molecule has 3 fully saturated rings. The number of nitrogens with one attached hydrogen (secondary N) is 2. The van der Waals surface area contributed by atoms with Gasteiger partial charge in [0.05, 0.1) is 13.7 Å². The molecule has 0 spiro atoms. The number of benzene rings is 1. The van der Waals surface area contributed by atoms with E-state index in [0.29, 0.717) is 12.6 Å². The first-order valence-electron chi connectivity index (χ1n) is 9.97. The number of nitrogens with zero attached hydrogens (tertiary/aromatic N) is 3. The summed E-state index contributed by atoms with van der Waals surface area (Å²) in [6, 6.07) is 8.24. The molecule has 150 valence electrons. The van der Waals surface area contributed by atoms with E-state index in [1.54, 1.807) is 7.11 Å². The largest absolute Gasteiger partial charge is 0.497 e. The molecular formula is C20H33N5O2. The molecule has 3 heterocycles. The molecule has 1 aromatic carbocycles. The van der Waals surface area contributed by atoms with Gasteiger partial charge < -0.3 is 20.1 Å². The van der Waals surface area contributed by atoms with Gasteiger partial charge in [0.2, 0.25) is 0 Å². The van der Waals surface area contributed by atoms with Gasteiger partial charge in [-0.3, -0.25) is 9.80 Å². The van der Waals surface area contributed by atoms with Crippen LogP contribution in [0.3, 0.4) is 0 Å². The van der Waals surface area contributed by atoms with E-state index in [2.05, 4.69) is 27.4 Å². The fourth-order valence-electron chi connectivity index (χ4n) is 3.64. The first kappa shape index (κ1) is 19.8. The molecule has 0 radical (unpaired) electrons. The minimum Gasteiger partial charge on any atom is -0.497 e. The topological polar surface area (TPSA) is 61.4 Å². The Morgan fingerprint density at radius 2 is 2.00 bits per heavy atom. The monoisotopic (exact) mass is 375 g/mol. The fourth-order valence-corrected chi connectivity index (χ4v) is 3.64. The zero-order chi connectivity index (χ0) is 19.1. The highest BCUT2D eigenvalue weighted by Gasteiger charge is 2.31. The number of fused-ring (bicyclic) bond motifs is 3. The zero-order valence-electron chi connectivity index (χ0n) is 16.8. The number of hydrogen-bond acceptors (Lipinski definition) is 5. The Morgan fingerprint density at radius 1 is 1.22 bits per heavy atom. The number of guanidine groups is 1. The van der Waals surface area contributed by atoms with Crippen molar-refractivity contribution in [2.75, 3.05) is 59.5 Å². The third-order valence-corrected chi connectivity index (χ3v) is 5.13. The zero-order valence-corrected chi connectivity index (χ0v) is 16.8. The molecule has 0 amide bonds. The predicted octanol–water partition coefficient (Wildman–Crippen LogP) is 1.02. The molecule has 3 saturated heterocycles. The molecule has 3 aliphatic heterocycles. The highest BCUT2D eigenvalue weighted by molar-refractivity contribution is 5.79. The van der Waals surface area contributed by atoms with Gasteiger partial charge in [-0.1, -0.05) is 6.07 Å². The van der Waals surface area contributed by atoms with Crippen LogP contribution in [0.4, 0.5) is 0 Å². The van der Waals surface area contributed by atoms with Crippen LogP contribution in [-0.4, -0.2) is 87.4 Å². The molecule has 1 aromatic rings. The molecule has 2 atom stereocenters. The number of methoxy groups -OCH3 is 1. The minimum atomic E-state index is -0.0203. The number of rotatable bonds is 8. The lowest BCUT2D eigenvalue weighted by Crippen LogP contribution is -2.63. The summed E-state index contributed by atoms with van der Waals surface area (Å²) >= 11 is 0. The van der Waals surface area contributed by atoms with Gasteiger partial charge in [-0.2, -0.15) is 0 Å². The Kier molecular flexibility index (Phi) is 7.18. The Bertz CT molecular complexity index is 616. The van der Waals surface area contributed by atoms with E-state index in [4.69, 9.17) is 14.5 Å². The van der Waals surface area contributed by atoms with Gasteiger partial charge >= 0.3 is 0 Å². The van der Waals surface area contributed by atoms with E-state index in [0.717, 1.165) is 37.1 Å². The highest BCUT2D eigenvalue weighted by Crippen LogP contribution is 2.20. The van der Waals surface area contributed by atoms with E-state index in [9.17, 15) is 0 Å². The lowest BCUT2D eigenvalue weighted by molar-refractivity contribution is 0.0154. The summed E-state index contributed by atoms with van der Waals surface area (Å²) in [4.78, 5) is 9.85. The van der Waals surface area contributed by atoms with Crippen molar-refractivity contribution >= 4 is 5.96 Å². The van der Waals surface area contributed by atoms with E-state index in [1.807, 2.05) is 31.2 Å². The van der Waals surface area contributed by atoms with Crippen LogP contribution < -0.4 is 20.1 Å². The molecule has 2 unspecified atom stereocenters. The maximum absolute atomic E-state index is 5.96. The summed E-state index contributed by atoms with van der Waals surface area (Å²) in [5, 5.41) is 6.84. The van der Waals surface area contributed by atoms with Crippen LogP contribution in [0.25, 0.3) is 0 Å². The summed E-state index contributed by atoms with van der Waals surface area (Å²) in [6.07, 6.45) is -0.0203. The van der Waals surface area contributed by atoms with Crippen molar-refractivity contribution in [2.45, 2.75) is 26.0 Å². The normalized spacial score (nSPS) is 25.7. The predicted molar refractivity (Wildman–Crippen MR) is 109 cm³/mol. The molecule has 2 bridgehead atoms. The number of piperazine rings is 3. The van der Waals surface area contributed by atoms with Crippen molar-refractivity contribution in [2.24, 2.45) is 4.99 Å². The third-order valence-electron chi connectivity index (χ3n) is 5.13. The summed E-state index contributed by atoms with van der Waals surface area (Å²) in [7, 11) is 1.66. The van der Waals surface area contributed by atoms with Crippen LogP contribution in [0, 0.1) is 0 Å². The molecule has 27 heavy (non-hydrogen) atoms. The summed E-state index contributed by atoms with van der Waals surface area (Å²) in [5.41, 5.74) is 0. The molecular weight excluding hydrogens is 342 g/mol. The molecule has 4 rings (SSSR count). The summed E-state index contributed by atoms with van der Waals surface area (Å²) in [6.45, 7) is 12.4. The first-order valence-corrected chi connectivity index (χ1v) is 9.97. The second-order valence-corrected chi connectivity index (χ2v) is 7.20. The Hall–Kier alpha value is -1.99. The number of hydrogen-bond donors (Lipinski definition) is 2. The van der Waals surface area contributed by atoms with Gasteiger partial charge in [0.25, 0.3) is 0 Å². The Labute approximate surface area is 162 Å². The van der Waals surface area contributed by atoms with Crippen LogP contribution in [0.1, 0.15) is 13.8 Å². The second-order valence-electron chi connectivity index (χ2n) is 7.20. The van der Waals surface area contributed by atoms with Crippen LogP contribution in [-0.2, 0) is 0 Å². The second kappa shape index (κ2) is 9.80. The van der Waals surface area contributed by atoms with Crippen molar-refractivity contribution in [3.63, 3.8) is 0 Å². The Balaban J connectivity index is 1.48. The molecule has 7 heteroatoms. The summed E-state index contributed by atoms with van der Waals surface area (Å²) < 4.78 is 11.2. The van der Waals surface area contributed by atoms with Crippen LogP contribution in [0.2, 0.25) is 0 Å². The van der Waals surface area contributed by atoms with Gasteiger partial charge in [0.1, 0.15) is 17.6 Å². The average Bonchev–Trinajstić information content (AvgIpc) is 2.71. The fraction of sp³-hybridized carbons (Fsp3) is 0.650. The molecule has 2 N–H and O–H groups in total. The lowest BCUT2D eigenvalue weighted by Gasteiger charge is -2.47. The highest BCUT2D eigenvalue weighted by atomic mass is 16.5. The first-order chi connectivity index (χ1) is 13.2. The molecule has 3 aliphatic rings. The average molecular weight is 376 g/mol. The molecule has 0 aromatic heterocycles. The van der Waals surface area contributed by atoms with Crippen LogP contribution in [0.5, 0.6) is 11.5 Å². The van der Waals surface area contributed by atoms with Gasteiger partial charge in [-0.05, 0) is 26.0 Å². The van der Waals surface area contributed by atoms with Crippen molar-refractivity contribution in [1.82, 2.24) is 20.4 Å². The summed E-state index contributed by atoms with van der Waals surface area (Å²) in [5.74, 6) is 2.46. The van der Waals surface area contributed by atoms with Crippen LogP contribution >= 0.6 is 0 Å². The molecule has 0 aliphatic carbocycles. The maximum atomic E-state index is 5.96. The van der Waals surface area contributed by atoms with Gasteiger partial charge in [0.15, 0.2) is 5.96 Å². The Morgan fingerprint density at radius 3 is 2.67 bits per heavy atom. The minimum absolute atomic E-state index is 0.0203. The SMILES string of the molecule is CCNC(=NCC(C)Oc1cccc(OC)c1)NCC1CN2CCN1CC2. The molecule has 7 nitrogen and oxygen atoms in total. The number of aliphatic imine (C=N–C) groups is 1. The molecule has 0 saturated carbocycles. The standard InChI is InChI=1S/C20H33N5O2/c1-4-21-20(23-14-17-15-24-8-10-25(17)11-9-24)22-13-16(2)27-19-7-5-6-18(12-19)26-3/h5-7,12,16-17H,4,8-11,13-15H2,1-3H3,(H2,21,22,23). The van der Waals surface area contributed by atoms with E-state index in [1.165, 1.54) is 26.2 Å². The van der Waals surface area contributed by atoms with E-state index in [-0.39, 0.29) is 6.10 Å². The quantitative estimate of drug-likeness (QED) is 0.523. The number of ether oxygens (including phenoxy) is 2. The van der Waals surface area contributed by atoms with Crippen molar-refractivity contribution in [3.05, 3.63) is 24.3 Å². The van der Waals surface area contributed by atoms with Gasteiger partial charge in [-0.15, -0.1) is 0 Å². The lowest BCUT2D eigenvalue weighted by atomic mass is 10.1. The van der Waals surface area contributed by atoms with E-state index >= 15 is 0 Å². The van der Waals surface area contributed by atoms with Crippen molar-refractivity contribution < 1.29 is 9.47 Å². The maximum Gasteiger partial charge on any atom is 0.191 e. The van der Waals surface area contributed by atoms with E-state index < -0.39 is 0 Å². The van der Waals surface area contributed by atoms with Crippen LogP contribution in [0.15, 0.2) is 29.3 Å². The van der Waals surface area contributed by atoms with Gasteiger partial charge in [0, 0.05) is 57.9 Å². The smallest absolute Gasteiger partial charge is 0.191 e.